The van der Waals surface area contributed by atoms with Gasteiger partial charge in [-0.05, 0) is 81.1 Å². The van der Waals surface area contributed by atoms with Crippen LogP contribution in [0.4, 0.5) is 10.1 Å². The number of piperidine rings is 1. The highest BCUT2D eigenvalue weighted by Gasteiger charge is 2.27. The second-order valence-electron chi connectivity index (χ2n) is 9.53. The van der Waals surface area contributed by atoms with Gasteiger partial charge in [0.1, 0.15) is 5.82 Å². The lowest BCUT2D eigenvalue weighted by Crippen LogP contribution is -2.44. The molecule has 6 heteroatoms. The van der Waals surface area contributed by atoms with Gasteiger partial charge in [-0.25, -0.2) is 4.39 Å². The van der Waals surface area contributed by atoms with E-state index in [0.29, 0.717) is 11.7 Å². The molecule has 2 aromatic rings. The Morgan fingerprint density at radius 2 is 1.76 bits per heavy atom. The van der Waals surface area contributed by atoms with E-state index in [9.17, 15) is 14.0 Å². The zero-order valence-corrected chi connectivity index (χ0v) is 19.4. The molecular formula is C27H34FN3O2. The number of nitrogens with zero attached hydrogens (tertiary/aromatic N) is 1. The van der Waals surface area contributed by atoms with Gasteiger partial charge in [-0.15, -0.1) is 0 Å². The zero-order chi connectivity index (χ0) is 23.2. The van der Waals surface area contributed by atoms with Crippen molar-refractivity contribution in [3.8, 4) is 0 Å². The van der Waals surface area contributed by atoms with Crippen LogP contribution < -0.4 is 10.6 Å². The first kappa shape index (κ1) is 23.4. The first-order chi connectivity index (χ1) is 16.0. The monoisotopic (exact) mass is 451 g/mol. The summed E-state index contributed by atoms with van der Waals surface area (Å²) in [5, 5.41) is 6.08. The minimum atomic E-state index is -0.515. The number of carbonyl (C=O) groups excluding carboxylic acids is 2. The maximum atomic E-state index is 14.1. The number of likely N-dealkylation sites (tertiary alicyclic amines) is 1. The van der Waals surface area contributed by atoms with Crippen molar-refractivity contribution in [2.75, 3.05) is 18.4 Å². The molecule has 5 nitrogen and oxygen atoms in total. The molecule has 0 aromatic heterocycles. The Balaban J connectivity index is 1.27. The number of hydrogen-bond acceptors (Lipinski definition) is 3. The van der Waals surface area contributed by atoms with Crippen LogP contribution in [-0.4, -0.2) is 35.8 Å². The van der Waals surface area contributed by atoms with Crippen molar-refractivity contribution < 1.29 is 14.0 Å². The number of rotatable bonds is 6. The van der Waals surface area contributed by atoms with Gasteiger partial charge in [0.25, 0.3) is 5.91 Å². The molecule has 1 saturated heterocycles. The molecule has 0 unspecified atom stereocenters. The fourth-order valence-electron chi connectivity index (χ4n) is 4.93. The van der Waals surface area contributed by atoms with E-state index in [1.165, 1.54) is 31.4 Å². The second-order valence-corrected chi connectivity index (χ2v) is 9.53. The van der Waals surface area contributed by atoms with E-state index in [1.54, 1.807) is 13.0 Å². The quantitative estimate of drug-likeness (QED) is 0.646. The van der Waals surface area contributed by atoms with Crippen LogP contribution in [0.1, 0.15) is 66.4 Å². The fourth-order valence-corrected chi connectivity index (χ4v) is 4.93. The van der Waals surface area contributed by atoms with Crippen LogP contribution >= 0.6 is 0 Å². The summed E-state index contributed by atoms with van der Waals surface area (Å²) >= 11 is 0. The SMILES string of the molecule is Cc1ccc(C(=O)Nc2cccc(CN3CCC(C(=O)NC4CCCCC4)CC3)c2)c(F)c1. The minimum Gasteiger partial charge on any atom is -0.353 e. The van der Waals surface area contributed by atoms with Gasteiger partial charge in [-0.1, -0.05) is 37.5 Å². The van der Waals surface area contributed by atoms with Gasteiger partial charge in [0.15, 0.2) is 0 Å². The molecule has 2 aliphatic rings. The predicted molar refractivity (Wildman–Crippen MR) is 129 cm³/mol. The molecule has 0 spiro atoms. The number of halogens is 1. The average molecular weight is 452 g/mol. The molecule has 1 aliphatic heterocycles. The number of nitrogens with one attached hydrogen (secondary N) is 2. The summed E-state index contributed by atoms with van der Waals surface area (Å²) in [6, 6.07) is 12.7. The lowest BCUT2D eigenvalue weighted by atomic mass is 9.92. The molecular weight excluding hydrogens is 417 g/mol. The predicted octanol–water partition coefficient (Wildman–Crippen LogP) is 5.05. The lowest BCUT2D eigenvalue weighted by molar-refractivity contribution is -0.127. The van der Waals surface area contributed by atoms with Crippen molar-refractivity contribution in [1.29, 1.82) is 0 Å². The van der Waals surface area contributed by atoms with E-state index in [4.69, 9.17) is 0 Å². The Labute approximate surface area is 195 Å². The molecule has 0 bridgehead atoms. The molecule has 33 heavy (non-hydrogen) atoms. The number of aryl methyl sites for hydroxylation is 1. The van der Waals surface area contributed by atoms with Crippen molar-refractivity contribution in [2.24, 2.45) is 5.92 Å². The standard InChI is InChI=1S/C27H34FN3O2/c1-19-10-11-24(25(28)16-19)27(33)30-23-9-5-6-20(17-23)18-31-14-12-21(13-15-31)26(32)29-22-7-3-2-4-8-22/h5-6,9-11,16-17,21-22H,2-4,7-8,12-15,18H2,1H3,(H,29,32)(H,30,33). The van der Waals surface area contributed by atoms with Crippen molar-refractivity contribution >= 4 is 17.5 Å². The largest absolute Gasteiger partial charge is 0.353 e. The van der Waals surface area contributed by atoms with Gasteiger partial charge in [0.05, 0.1) is 5.56 Å². The summed E-state index contributed by atoms with van der Waals surface area (Å²) in [5.74, 6) is -0.624. The summed E-state index contributed by atoms with van der Waals surface area (Å²) in [7, 11) is 0. The molecule has 1 saturated carbocycles. The summed E-state index contributed by atoms with van der Waals surface area (Å²) in [5.41, 5.74) is 2.56. The first-order valence-electron chi connectivity index (χ1n) is 12.2. The molecule has 2 fully saturated rings. The molecule has 176 valence electrons. The Kier molecular flexibility index (Phi) is 7.76. The van der Waals surface area contributed by atoms with Gasteiger partial charge in [0.2, 0.25) is 5.91 Å². The topological polar surface area (TPSA) is 61.4 Å². The van der Waals surface area contributed by atoms with Crippen LogP contribution in [0.3, 0.4) is 0 Å². The summed E-state index contributed by atoms with van der Waals surface area (Å²) < 4.78 is 14.1. The highest BCUT2D eigenvalue weighted by Crippen LogP contribution is 2.23. The van der Waals surface area contributed by atoms with Crippen molar-refractivity contribution in [3.05, 3.63) is 65.0 Å². The van der Waals surface area contributed by atoms with Gasteiger partial charge in [-0.3, -0.25) is 14.5 Å². The highest BCUT2D eigenvalue weighted by atomic mass is 19.1. The minimum absolute atomic E-state index is 0.0413. The molecule has 0 atom stereocenters. The van der Waals surface area contributed by atoms with Crippen molar-refractivity contribution in [2.45, 2.75) is 64.5 Å². The third-order valence-corrected chi connectivity index (χ3v) is 6.87. The van der Waals surface area contributed by atoms with Crippen LogP contribution in [0.2, 0.25) is 0 Å². The first-order valence-corrected chi connectivity index (χ1v) is 12.2. The van der Waals surface area contributed by atoms with Crippen molar-refractivity contribution in [3.63, 3.8) is 0 Å². The van der Waals surface area contributed by atoms with Gasteiger partial charge in [0, 0.05) is 24.2 Å². The maximum absolute atomic E-state index is 14.1. The van der Waals surface area contributed by atoms with Crippen LogP contribution in [0.25, 0.3) is 0 Å². The Bertz CT molecular complexity index is 979. The average Bonchev–Trinajstić information content (AvgIpc) is 2.80. The number of carbonyl (C=O) groups is 2. The van der Waals surface area contributed by atoms with E-state index in [-0.39, 0.29) is 17.4 Å². The van der Waals surface area contributed by atoms with Crippen molar-refractivity contribution in [1.82, 2.24) is 10.2 Å². The maximum Gasteiger partial charge on any atom is 0.258 e. The zero-order valence-electron chi connectivity index (χ0n) is 19.4. The molecule has 2 amide bonds. The number of benzene rings is 2. The smallest absolute Gasteiger partial charge is 0.258 e. The Morgan fingerprint density at radius 3 is 2.48 bits per heavy atom. The van der Waals surface area contributed by atoms with Crippen LogP contribution in [0.5, 0.6) is 0 Å². The third kappa shape index (κ3) is 6.41. The summed E-state index contributed by atoms with van der Waals surface area (Å²) in [4.78, 5) is 27.5. The summed E-state index contributed by atoms with van der Waals surface area (Å²) in [6.45, 7) is 4.32. The van der Waals surface area contributed by atoms with E-state index in [0.717, 1.165) is 56.4 Å². The van der Waals surface area contributed by atoms with E-state index < -0.39 is 11.7 Å². The van der Waals surface area contributed by atoms with Gasteiger partial charge >= 0.3 is 0 Å². The number of hydrogen-bond donors (Lipinski definition) is 2. The van der Waals surface area contributed by atoms with E-state index in [2.05, 4.69) is 15.5 Å². The fraction of sp³-hybridized carbons (Fsp3) is 0.481. The van der Waals surface area contributed by atoms with Gasteiger partial charge < -0.3 is 10.6 Å². The number of amides is 2. The normalized spacial score (nSPS) is 18.1. The Hall–Kier alpha value is -2.73. The third-order valence-electron chi connectivity index (χ3n) is 6.87. The molecule has 1 aliphatic carbocycles. The highest BCUT2D eigenvalue weighted by molar-refractivity contribution is 6.04. The van der Waals surface area contributed by atoms with Crippen LogP contribution in [0, 0.1) is 18.7 Å². The van der Waals surface area contributed by atoms with E-state index >= 15 is 0 Å². The summed E-state index contributed by atoms with van der Waals surface area (Å²) in [6.07, 6.45) is 7.73. The lowest BCUT2D eigenvalue weighted by Gasteiger charge is -2.32. The molecule has 1 heterocycles. The number of anilines is 1. The molecule has 4 rings (SSSR count). The molecule has 2 N–H and O–H groups in total. The molecule has 2 aromatic carbocycles. The Morgan fingerprint density at radius 1 is 1.00 bits per heavy atom. The second kappa shape index (κ2) is 10.9. The van der Waals surface area contributed by atoms with Crippen LogP contribution in [0.15, 0.2) is 42.5 Å². The van der Waals surface area contributed by atoms with Crippen LogP contribution in [-0.2, 0) is 11.3 Å². The van der Waals surface area contributed by atoms with Gasteiger partial charge in [-0.2, -0.15) is 0 Å². The van der Waals surface area contributed by atoms with E-state index in [1.807, 2.05) is 24.3 Å². The molecule has 0 radical (unpaired) electrons.